The molecule has 4 atom stereocenters. The fraction of sp³-hybridized carbons (Fsp3) is 0.800. The number of carbonyl (C=O) groups excluding carboxylic acids is 1. The lowest BCUT2D eigenvalue weighted by Crippen LogP contribution is -2.53. The van der Waals surface area contributed by atoms with Crippen molar-refractivity contribution < 1.29 is 25.2 Å². The molecule has 0 aromatic carbocycles. The molecule has 0 aliphatic rings. The van der Waals surface area contributed by atoms with Gasteiger partial charge in [0.2, 0.25) is 5.91 Å². The first-order chi connectivity index (χ1) is 25.0. The van der Waals surface area contributed by atoms with Crippen molar-refractivity contribution in [2.75, 3.05) is 6.61 Å². The van der Waals surface area contributed by atoms with Gasteiger partial charge < -0.3 is 25.7 Å². The van der Waals surface area contributed by atoms with Crippen LogP contribution in [0.1, 0.15) is 200 Å². The van der Waals surface area contributed by atoms with E-state index in [1.165, 1.54) is 96.3 Å². The third-order valence-electron chi connectivity index (χ3n) is 9.70. The Hall–Kier alpha value is -1.73. The highest BCUT2D eigenvalue weighted by molar-refractivity contribution is 5.80. The number of nitrogens with one attached hydrogen (secondary N) is 1. The Kier molecular flexibility index (Phi) is 38.1. The Labute approximate surface area is 315 Å². The highest BCUT2D eigenvalue weighted by Gasteiger charge is 2.28. The van der Waals surface area contributed by atoms with E-state index in [2.05, 4.69) is 67.8 Å². The molecule has 4 unspecified atom stereocenters. The molecule has 0 fully saturated rings. The molecular formula is C45H83NO5. The summed E-state index contributed by atoms with van der Waals surface area (Å²) in [7, 11) is 0. The van der Waals surface area contributed by atoms with E-state index >= 15 is 0 Å². The molecule has 51 heavy (non-hydrogen) atoms. The molecule has 5 N–H and O–H groups in total. The van der Waals surface area contributed by atoms with Crippen LogP contribution in [0.2, 0.25) is 0 Å². The van der Waals surface area contributed by atoms with E-state index < -0.39 is 36.9 Å². The van der Waals surface area contributed by atoms with Gasteiger partial charge in [0.05, 0.1) is 18.8 Å². The standard InChI is InChI=1S/C45H83NO5/c1-3-5-7-9-11-13-15-17-19-20-21-22-23-24-25-27-29-31-33-35-37-39-43(49)45(51)46-41(40-47)44(50)42(48)38-36-34-32-30-28-26-18-16-14-12-10-8-6-4-2/h8,10,16,18,23-24,30,32,41-44,47-50H,3-7,9,11-15,17,19-22,25-29,31,33-40H2,1-2H3,(H,46,51)/b10-8+,18-16+,24-23-,32-30+. The summed E-state index contributed by atoms with van der Waals surface area (Å²) in [5.41, 5.74) is 0. The maximum absolute atomic E-state index is 12.5. The van der Waals surface area contributed by atoms with Crippen LogP contribution in [0.5, 0.6) is 0 Å². The molecule has 1 amide bonds. The average molecular weight is 718 g/mol. The molecular weight excluding hydrogens is 634 g/mol. The minimum absolute atomic E-state index is 0.350. The van der Waals surface area contributed by atoms with Gasteiger partial charge in [-0.2, -0.15) is 0 Å². The van der Waals surface area contributed by atoms with E-state index in [9.17, 15) is 25.2 Å². The number of allylic oxidation sites excluding steroid dienone is 8. The largest absolute Gasteiger partial charge is 0.394 e. The molecule has 0 bridgehead atoms. The van der Waals surface area contributed by atoms with Gasteiger partial charge in [0.15, 0.2) is 0 Å². The summed E-state index contributed by atoms with van der Waals surface area (Å²) in [6, 6.07) is -1.01. The smallest absolute Gasteiger partial charge is 0.249 e. The topological polar surface area (TPSA) is 110 Å². The number of carbonyl (C=O) groups is 1. The highest BCUT2D eigenvalue weighted by Crippen LogP contribution is 2.14. The maximum atomic E-state index is 12.5. The van der Waals surface area contributed by atoms with Gasteiger partial charge in [-0.15, -0.1) is 0 Å². The summed E-state index contributed by atoms with van der Waals surface area (Å²) in [6.45, 7) is 3.96. The third-order valence-corrected chi connectivity index (χ3v) is 9.70. The molecule has 0 saturated heterocycles. The van der Waals surface area contributed by atoms with E-state index in [-0.39, 0.29) is 0 Å². The van der Waals surface area contributed by atoms with Crippen LogP contribution in [0.15, 0.2) is 48.6 Å². The Morgan fingerprint density at radius 1 is 0.471 bits per heavy atom. The van der Waals surface area contributed by atoms with Crippen LogP contribution in [-0.4, -0.2) is 57.3 Å². The fourth-order valence-electron chi connectivity index (χ4n) is 6.26. The van der Waals surface area contributed by atoms with Crippen molar-refractivity contribution in [3.8, 4) is 0 Å². The van der Waals surface area contributed by atoms with E-state index in [1.54, 1.807) is 0 Å². The van der Waals surface area contributed by atoms with Gasteiger partial charge in [-0.05, 0) is 83.5 Å². The molecule has 6 heteroatoms. The van der Waals surface area contributed by atoms with Crippen LogP contribution in [0.4, 0.5) is 0 Å². The number of rotatable bonds is 38. The number of amides is 1. The fourth-order valence-corrected chi connectivity index (χ4v) is 6.26. The summed E-state index contributed by atoms with van der Waals surface area (Å²) in [6.07, 6.45) is 47.1. The lowest BCUT2D eigenvalue weighted by atomic mass is 10.00. The first kappa shape index (κ1) is 49.3. The van der Waals surface area contributed by atoms with Crippen molar-refractivity contribution in [3.63, 3.8) is 0 Å². The van der Waals surface area contributed by atoms with Gasteiger partial charge in [0, 0.05) is 0 Å². The summed E-state index contributed by atoms with van der Waals surface area (Å²) in [5.74, 6) is -0.606. The van der Waals surface area contributed by atoms with Crippen LogP contribution < -0.4 is 5.32 Å². The maximum Gasteiger partial charge on any atom is 0.249 e. The lowest BCUT2D eigenvalue weighted by molar-refractivity contribution is -0.132. The van der Waals surface area contributed by atoms with Crippen molar-refractivity contribution in [1.82, 2.24) is 5.32 Å². The summed E-state index contributed by atoms with van der Waals surface area (Å²) >= 11 is 0. The van der Waals surface area contributed by atoms with Crippen LogP contribution in [-0.2, 0) is 4.79 Å². The summed E-state index contributed by atoms with van der Waals surface area (Å²) in [4.78, 5) is 12.5. The van der Waals surface area contributed by atoms with Gasteiger partial charge in [0.1, 0.15) is 12.2 Å². The van der Waals surface area contributed by atoms with Gasteiger partial charge in [-0.25, -0.2) is 0 Å². The Balaban J connectivity index is 3.81. The second-order valence-corrected chi connectivity index (χ2v) is 14.7. The van der Waals surface area contributed by atoms with E-state index in [4.69, 9.17) is 0 Å². The van der Waals surface area contributed by atoms with Crippen LogP contribution in [0.25, 0.3) is 0 Å². The molecule has 0 saturated carbocycles. The van der Waals surface area contributed by atoms with Crippen LogP contribution >= 0.6 is 0 Å². The zero-order chi connectivity index (χ0) is 37.5. The van der Waals surface area contributed by atoms with Gasteiger partial charge >= 0.3 is 0 Å². The summed E-state index contributed by atoms with van der Waals surface area (Å²) < 4.78 is 0. The number of aliphatic hydroxyl groups is 4. The van der Waals surface area contributed by atoms with Crippen molar-refractivity contribution in [3.05, 3.63) is 48.6 Å². The van der Waals surface area contributed by atoms with E-state index in [0.29, 0.717) is 19.3 Å². The first-order valence-electron chi connectivity index (χ1n) is 21.5. The van der Waals surface area contributed by atoms with Crippen molar-refractivity contribution >= 4 is 5.91 Å². The summed E-state index contributed by atoms with van der Waals surface area (Å²) in [5, 5.41) is 43.6. The normalized spacial score (nSPS) is 14.7. The zero-order valence-electron chi connectivity index (χ0n) is 33.3. The first-order valence-corrected chi connectivity index (χ1v) is 21.5. The quantitative estimate of drug-likeness (QED) is 0.0323. The molecule has 0 aliphatic carbocycles. The number of unbranched alkanes of at least 4 members (excludes halogenated alkanes) is 21. The van der Waals surface area contributed by atoms with E-state index in [1.807, 2.05) is 0 Å². The van der Waals surface area contributed by atoms with E-state index in [0.717, 1.165) is 70.6 Å². The van der Waals surface area contributed by atoms with Gasteiger partial charge in [-0.3, -0.25) is 4.79 Å². The number of hydrogen-bond acceptors (Lipinski definition) is 5. The SMILES string of the molecule is CCC/C=C/CC/C=C/CC/C=C/CCCC(O)C(O)C(CO)NC(=O)C(O)CCCCCCCC/C=C\CCCCCCCCCCCCC. The van der Waals surface area contributed by atoms with Crippen molar-refractivity contribution in [2.24, 2.45) is 0 Å². The Morgan fingerprint density at radius 3 is 1.31 bits per heavy atom. The minimum atomic E-state index is -1.29. The van der Waals surface area contributed by atoms with Crippen molar-refractivity contribution in [1.29, 1.82) is 0 Å². The molecule has 0 spiro atoms. The minimum Gasteiger partial charge on any atom is -0.394 e. The Morgan fingerprint density at radius 2 is 0.863 bits per heavy atom. The average Bonchev–Trinajstić information content (AvgIpc) is 3.13. The molecule has 298 valence electrons. The zero-order valence-corrected chi connectivity index (χ0v) is 33.3. The molecule has 0 aromatic heterocycles. The predicted molar refractivity (Wildman–Crippen MR) is 219 cm³/mol. The predicted octanol–water partition coefficient (Wildman–Crippen LogP) is 11.1. The molecule has 0 radical (unpaired) electrons. The Bertz CT molecular complexity index is 854. The molecule has 0 aromatic rings. The van der Waals surface area contributed by atoms with Crippen LogP contribution in [0.3, 0.4) is 0 Å². The van der Waals surface area contributed by atoms with Crippen molar-refractivity contribution in [2.45, 2.75) is 224 Å². The molecule has 6 nitrogen and oxygen atoms in total. The monoisotopic (exact) mass is 718 g/mol. The number of aliphatic hydroxyl groups excluding tert-OH is 4. The third kappa shape index (κ3) is 33.8. The highest BCUT2D eigenvalue weighted by atomic mass is 16.3. The molecule has 0 heterocycles. The lowest BCUT2D eigenvalue weighted by Gasteiger charge is -2.27. The second kappa shape index (κ2) is 39.5. The van der Waals surface area contributed by atoms with Crippen LogP contribution in [0, 0.1) is 0 Å². The number of hydrogen-bond donors (Lipinski definition) is 5. The molecule has 0 rings (SSSR count). The van der Waals surface area contributed by atoms with Gasteiger partial charge in [-0.1, -0.05) is 165 Å². The molecule has 0 aliphatic heterocycles. The van der Waals surface area contributed by atoms with Gasteiger partial charge in [0.25, 0.3) is 0 Å². The second-order valence-electron chi connectivity index (χ2n) is 14.7.